The molecule has 1 aliphatic rings. The molecule has 1 unspecified atom stereocenters. The number of nitrogens with two attached hydrogens (primary N) is 1. The largest absolute Gasteiger partial charge is 0.329 e. The topological polar surface area (TPSA) is 38.0 Å². The van der Waals surface area contributed by atoms with Crippen LogP contribution in [-0.4, -0.2) is 30.1 Å². The van der Waals surface area contributed by atoms with Gasteiger partial charge in [0, 0.05) is 23.9 Å². The Balaban J connectivity index is 2.31. The molecular weight excluding hydrogens is 180 g/mol. The average molecular weight is 202 g/mol. The second-order valence-corrected chi connectivity index (χ2v) is 5.39. The van der Waals surface area contributed by atoms with E-state index in [0.29, 0.717) is 10.8 Å². The van der Waals surface area contributed by atoms with E-state index in [-0.39, 0.29) is 0 Å². The van der Waals surface area contributed by atoms with Gasteiger partial charge < -0.3 is 11.1 Å². The number of nitrogens with one attached hydrogen (secondary N) is 1. The third-order valence-corrected chi connectivity index (χ3v) is 4.49. The van der Waals surface area contributed by atoms with Crippen molar-refractivity contribution in [3.8, 4) is 0 Å². The lowest BCUT2D eigenvalue weighted by atomic mass is 10.1. The molecule has 3 N–H and O–H groups in total. The maximum Gasteiger partial charge on any atom is 0.0281 e. The molecule has 1 fully saturated rings. The normalized spacial score (nSPS) is 23.3. The predicted molar refractivity (Wildman–Crippen MR) is 61.2 cm³/mol. The van der Waals surface area contributed by atoms with Gasteiger partial charge >= 0.3 is 0 Å². The van der Waals surface area contributed by atoms with Crippen LogP contribution < -0.4 is 11.1 Å². The highest BCUT2D eigenvalue weighted by molar-refractivity contribution is 8.00. The summed E-state index contributed by atoms with van der Waals surface area (Å²) < 4.78 is 0.517. The number of hydrogen-bond donors (Lipinski definition) is 2. The molecule has 3 heteroatoms. The summed E-state index contributed by atoms with van der Waals surface area (Å²) in [6.45, 7) is 4.03. The van der Waals surface area contributed by atoms with Gasteiger partial charge in [0.25, 0.3) is 0 Å². The van der Waals surface area contributed by atoms with Gasteiger partial charge in [-0.25, -0.2) is 0 Å². The van der Waals surface area contributed by atoms with Gasteiger partial charge in [-0.2, -0.15) is 11.8 Å². The molecule has 0 aliphatic heterocycles. The fourth-order valence-electron chi connectivity index (χ4n) is 1.92. The molecule has 0 bridgehead atoms. The second kappa shape index (κ2) is 5.23. The molecule has 0 radical (unpaired) electrons. The first kappa shape index (κ1) is 11.3. The lowest BCUT2D eigenvalue weighted by Crippen LogP contribution is -2.42. The van der Waals surface area contributed by atoms with Crippen molar-refractivity contribution in [1.29, 1.82) is 0 Å². The molecule has 2 nitrogen and oxygen atoms in total. The lowest BCUT2D eigenvalue weighted by molar-refractivity contribution is 0.480. The Labute approximate surface area is 86.0 Å². The van der Waals surface area contributed by atoms with Crippen LogP contribution in [0.25, 0.3) is 0 Å². The van der Waals surface area contributed by atoms with E-state index in [4.69, 9.17) is 5.73 Å². The standard InChI is InChI=1S/C10H22N2S/c1-9(7-11)12-8-10(13-2)5-3-4-6-10/h9,12H,3-8,11H2,1-2H3. The summed E-state index contributed by atoms with van der Waals surface area (Å²) in [5.41, 5.74) is 5.57. The van der Waals surface area contributed by atoms with Crippen molar-refractivity contribution in [2.24, 2.45) is 5.73 Å². The SMILES string of the molecule is CSC1(CNC(C)CN)CCCC1. The van der Waals surface area contributed by atoms with E-state index in [0.717, 1.165) is 13.1 Å². The summed E-state index contributed by atoms with van der Waals surface area (Å²) in [5, 5.41) is 3.52. The Bertz CT molecular complexity index is 144. The zero-order chi connectivity index (χ0) is 9.73. The van der Waals surface area contributed by atoms with Crippen molar-refractivity contribution >= 4 is 11.8 Å². The van der Waals surface area contributed by atoms with E-state index < -0.39 is 0 Å². The summed E-state index contributed by atoms with van der Waals surface area (Å²) in [7, 11) is 0. The van der Waals surface area contributed by atoms with Crippen LogP contribution in [0.1, 0.15) is 32.6 Å². The van der Waals surface area contributed by atoms with Gasteiger partial charge in [0.2, 0.25) is 0 Å². The van der Waals surface area contributed by atoms with Crippen LogP contribution in [0.5, 0.6) is 0 Å². The molecular formula is C10H22N2S. The van der Waals surface area contributed by atoms with Gasteiger partial charge in [0.15, 0.2) is 0 Å². The van der Waals surface area contributed by atoms with Gasteiger partial charge in [-0.15, -0.1) is 0 Å². The monoisotopic (exact) mass is 202 g/mol. The zero-order valence-corrected chi connectivity index (χ0v) is 9.62. The molecule has 0 aromatic rings. The average Bonchev–Trinajstić information content (AvgIpc) is 2.63. The van der Waals surface area contributed by atoms with Gasteiger partial charge in [-0.1, -0.05) is 12.8 Å². The molecule has 1 rings (SSSR count). The number of thioether (sulfide) groups is 1. The van der Waals surface area contributed by atoms with Crippen LogP contribution in [0.15, 0.2) is 0 Å². The van der Waals surface area contributed by atoms with Gasteiger partial charge in [0.05, 0.1) is 0 Å². The van der Waals surface area contributed by atoms with Crippen molar-refractivity contribution < 1.29 is 0 Å². The van der Waals surface area contributed by atoms with Crippen LogP contribution in [0.4, 0.5) is 0 Å². The Kier molecular flexibility index (Phi) is 4.56. The fourth-order valence-corrected chi connectivity index (χ4v) is 2.84. The first-order valence-corrected chi connectivity index (χ1v) is 6.43. The maximum absolute atomic E-state index is 5.57. The second-order valence-electron chi connectivity index (χ2n) is 4.11. The third kappa shape index (κ3) is 3.15. The number of rotatable bonds is 5. The highest BCUT2D eigenvalue weighted by Crippen LogP contribution is 2.39. The quantitative estimate of drug-likeness (QED) is 0.711. The lowest BCUT2D eigenvalue weighted by Gasteiger charge is -2.28. The van der Waals surface area contributed by atoms with E-state index in [2.05, 4.69) is 18.5 Å². The Morgan fingerprint density at radius 2 is 2.08 bits per heavy atom. The minimum atomic E-state index is 0.463. The molecule has 13 heavy (non-hydrogen) atoms. The molecule has 1 atom stereocenters. The van der Waals surface area contributed by atoms with E-state index in [1.807, 2.05) is 11.8 Å². The van der Waals surface area contributed by atoms with Crippen LogP contribution >= 0.6 is 11.8 Å². The third-order valence-electron chi connectivity index (χ3n) is 3.07. The first-order chi connectivity index (χ1) is 6.22. The van der Waals surface area contributed by atoms with Crippen molar-refractivity contribution in [3.05, 3.63) is 0 Å². The van der Waals surface area contributed by atoms with Crippen LogP contribution in [0.3, 0.4) is 0 Å². The molecule has 1 aliphatic carbocycles. The minimum absolute atomic E-state index is 0.463. The molecule has 0 amide bonds. The summed E-state index contributed by atoms with van der Waals surface area (Å²) in [4.78, 5) is 0. The summed E-state index contributed by atoms with van der Waals surface area (Å²) in [6, 6.07) is 0.463. The molecule has 1 saturated carbocycles. The highest BCUT2D eigenvalue weighted by Gasteiger charge is 2.32. The van der Waals surface area contributed by atoms with E-state index in [1.54, 1.807) is 0 Å². The van der Waals surface area contributed by atoms with Crippen molar-refractivity contribution in [2.75, 3.05) is 19.3 Å². The molecule has 0 saturated heterocycles. The fraction of sp³-hybridized carbons (Fsp3) is 1.00. The van der Waals surface area contributed by atoms with Crippen LogP contribution in [0, 0.1) is 0 Å². The Hall–Kier alpha value is 0.270. The minimum Gasteiger partial charge on any atom is -0.329 e. The Morgan fingerprint density at radius 1 is 1.46 bits per heavy atom. The number of hydrogen-bond acceptors (Lipinski definition) is 3. The van der Waals surface area contributed by atoms with E-state index >= 15 is 0 Å². The van der Waals surface area contributed by atoms with Crippen molar-refractivity contribution in [1.82, 2.24) is 5.32 Å². The predicted octanol–water partition coefficient (Wildman–Crippen LogP) is 1.60. The molecule has 0 heterocycles. The molecule has 0 aromatic heterocycles. The summed E-state index contributed by atoms with van der Waals surface area (Å²) in [5.74, 6) is 0. The summed E-state index contributed by atoms with van der Waals surface area (Å²) in [6.07, 6.45) is 7.79. The molecule has 0 spiro atoms. The Morgan fingerprint density at radius 3 is 2.54 bits per heavy atom. The van der Waals surface area contributed by atoms with Gasteiger partial charge in [-0.3, -0.25) is 0 Å². The van der Waals surface area contributed by atoms with Crippen molar-refractivity contribution in [3.63, 3.8) is 0 Å². The summed E-state index contributed by atoms with van der Waals surface area (Å²) >= 11 is 2.03. The highest BCUT2D eigenvalue weighted by atomic mass is 32.2. The van der Waals surface area contributed by atoms with E-state index in [9.17, 15) is 0 Å². The van der Waals surface area contributed by atoms with E-state index in [1.165, 1.54) is 25.7 Å². The molecule has 78 valence electrons. The van der Waals surface area contributed by atoms with Gasteiger partial charge in [0.1, 0.15) is 0 Å². The zero-order valence-electron chi connectivity index (χ0n) is 8.81. The van der Waals surface area contributed by atoms with Crippen LogP contribution in [0.2, 0.25) is 0 Å². The van der Waals surface area contributed by atoms with Crippen LogP contribution in [-0.2, 0) is 0 Å². The smallest absolute Gasteiger partial charge is 0.0281 e. The van der Waals surface area contributed by atoms with Crippen molar-refractivity contribution in [2.45, 2.75) is 43.4 Å². The van der Waals surface area contributed by atoms with Gasteiger partial charge in [-0.05, 0) is 26.0 Å². The molecule has 0 aromatic carbocycles. The first-order valence-electron chi connectivity index (χ1n) is 5.21. The maximum atomic E-state index is 5.57.